The second-order valence-electron chi connectivity index (χ2n) is 4.28. The minimum atomic E-state index is -0.371. The second-order valence-corrected chi connectivity index (χ2v) is 4.28. The number of aromatic nitrogens is 1. The van der Waals surface area contributed by atoms with Gasteiger partial charge < -0.3 is 14.4 Å². The Balaban J connectivity index is 2.68. The molecule has 0 radical (unpaired) electrons. The molecule has 19 heavy (non-hydrogen) atoms. The van der Waals surface area contributed by atoms with Crippen LogP contribution in [0.25, 0.3) is 10.9 Å². The number of methoxy groups -OCH3 is 1. The highest BCUT2D eigenvalue weighted by Crippen LogP contribution is 2.28. The van der Waals surface area contributed by atoms with E-state index in [-0.39, 0.29) is 11.7 Å². The number of amides is 1. The van der Waals surface area contributed by atoms with Gasteiger partial charge in [-0.15, -0.1) is 0 Å². The molecule has 0 saturated carbocycles. The van der Waals surface area contributed by atoms with Crippen molar-refractivity contribution in [2.24, 2.45) is 5.84 Å². The molecule has 1 heterocycles. The molecule has 102 valence electrons. The Morgan fingerprint density at radius 3 is 2.89 bits per heavy atom. The lowest BCUT2D eigenvalue weighted by molar-refractivity contribution is 0.0954. The molecule has 4 N–H and O–H groups in total. The van der Waals surface area contributed by atoms with E-state index < -0.39 is 0 Å². The number of phenolic OH excluding ortho intramolecular Hbond substituents is 1. The van der Waals surface area contributed by atoms with Gasteiger partial charge >= 0.3 is 0 Å². The van der Waals surface area contributed by atoms with Crippen LogP contribution in [0.15, 0.2) is 18.2 Å². The van der Waals surface area contributed by atoms with Gasteiger partial charge in [-0.05, 0) is 25.1 Å². The number of fused-ring (bicyclic) bond motifs is 1. The summed E-state index contributed by atoms with van der Waals surface area (Å²) in [7, 11) is 1.63. The van der Waals surface area contributed by atoms with Crippen molar-refractivity contribution in [3.05, 3.63) is 29.5 Å². The molecule has 0 saturated heterocycles. The summed E-state index contributed by atoms with van der Waals surface area (Å²) in [6.45, 7) is 3.01. The number of ether oxygens (including phenoxy) is 1. The largest absolute Gasteiger partial charge is 0.508 e. The van der Waals surface area contributed by atoms with Crippen molar-refractivity contribution in [1.82, 2.24) is 9.99 Å². The number of phenols is 1. The van der Waals surface area contributed by atoms with Gasteiger partial charge in [0.15, 0.2) is 0 Å². The molecule has 2 rings (SSSR count). The minimum Gasteiger partial charge on any atom is -0.508 e. The Bertz CT molecular complexity index is 619. The molecule has 0 unspecified atom stereocenters. The number of nitrogen functional groups attached to an aromatic ring is 1. The van der Waals surface area contributed by atoms with E-state index in [4.69, 9.17) is 10.6 Å². The maximum atomic E-state index is 11.9. The summed E-state index contributed by atoms with van der Waals surface area (Å²) in [6, 6.07) is 4.94. The summed E-state index contributed by atoms with van der Waals surface area (Å²) in [4.78, 5) is 11.9. The fourth-order valence-corrected chi connectivity index (χ4v) is 2.30. The highest BCUT2D eigenvalue weighted by molar-refractivity contribution is 6.08. The van der Waals surface area contributed by atoms with E-state index in [1.54, 1.807) is 25.3 Å². The number of benzene rings is 1. The van der Waals surface area contributed by atoms with Crippen LogP contribution >= 0.6 is 0 Å². The maximum Gasteiger partial charge on any atom is 0.267 e. The van der Waals surface area contributed by atoms with Crippen LogP contribution in [-0.2, 0) is 11.3 Å². The van der Waals surface area contributed by atoms with Crippen LogP contribution in [0.1, 0.15) is 16.1 Å². The number of rotatable bonds is 4. The normalized spacial score (nSPS) is 10.9. The first-order chi connectivity index (χ1) is 9.10. The standard InChI is InChI=1S/C13H17N3O3/c1-8-12(13(18)15-14)10-7-9(17)3-4-11(10)16(8)5-6-19-2/h3-4,7,17H,5-6,14H2,1-2H3,(H,15,18). The van der Waals surface area contributed by atoms with Crippen LogP contribution in [0.4, 0.5) is 0 Å². The predicted molar refractivity (Wildman–Crippen MR) is 71.9 cm³/mol. The van der Waals surface area contributed by atoms with Crippen molar-refractivity contribution >= 4 is 16.8 Å². The first kappa shape index (κ1) is 13.4. The van der Waals surface area contributed by atoms with E-state index in [1.807, 2.05) is 11.5 Å². The number of nitrogens with one attached hydrogen (secondary N) is 1. The van der Waals surface area contributed by atoms with Gasteiger partial charge in [0.05, 0.1) is 12.2 Å². The van der Waals surface area contributed by atoms with Crippen molar-refractivity contribution in [3.63, 3.8) is 0 Å². The fourth-order valence-electron chi connectivity index (χ4n) is 2.30. The van der Waals surface area contributed by atoms with E-state index in [2.05, 4.69) is 5.43 Å². The highest BCUT2D eigenvalue weighted by atomic mass is 16.5. The molecule has 1 aromatic carbocycles. The fraction of sp³-hybridized carbons (Fsp3) is 0.308. The number of nitrogens with two attached hydrogens (primary N) is 1. The van der Waals surface area contributed by atoms with E-state index >= 15 is 0 Å². The molecule has 6 nitrogen and oxygen atoms in total. The van der Waals surface area contributed by atoms with Crippen LogP contribution in [0.5, 0.6) is 5.75 Å². The molecule has 0 fully saturated rings. The van der Waals surface area contributed by atoms with Crippen LogP contribution in [-0.4, -0.2) is 29.3 Å². The summed E-state index contributed by atoms with van der Waals surface area (Å²) >= 11 is 0. The monoisotopic (exact) mass is 263 g/mol. The van der Waals surface area contributed by atoms with Gasteiger partial charge in [-0.2, -0.15) is 0 Å². The third-order valence-corrected chi connectivity index (χ3v) is 3.18. The Morgan fingerprint density at radius 1 is 1.53 bits per heavy atom. The summed E-state index contributed by atoms with van der Waals surface area (Å²) in [5.41, 5.74) is 4.27. The summed E-state index contributed by atoms with van der Waals surface area (Å²) < 4.78 is 7.05. The van der Waals surface area contributed by atoms with E-state index in [1.165, 1.54) is 0 Å². The lowest BCUT2D eigenvalue weighted by Gasteiger charge is -2.07. The third kappa shape index (κ3) is 2.27. The van der Waals surface area contributed by atoms with Crippen molar-refractivity contribution in [2.45, 2.75) is 13.5 Å². The third-order valence-electron chi connectivity index (χ3n) is 3.18. The molecule has 2 aromatic rings. The molecule has 0 aliphatic carbocycles. The van der Waals surface area contributed by atoms with E-state index in [9.17, 15) is 9.90 Å². The van der Waals surface area contributed by atoms with E-state index in [0.717, 1.165) is 11.2 Å². The summed E-state index contributed by atoms with van der Waals surface area (Å²) in [6.07, 6.45) is 0. The topological polar surface area (TPSA) is 89.5 Å². The molecular formula is C13H17N3O3. The van der Waals surface area contributed by atoms with Gasteiger partial charge in [0.1, 0.15) is 5.75 Å². The average molecular weight is 263 g/mol. The van der Waals surface area contributed by atoms with Crippen molar-refractivity contribution in [3.8, 4) is 5.75 Å². The molecule has 1 aromatic heterocycles. The molecular weight excluding hydrogens is 246 g/mol. The Kier molecular flexibility index (Phi) is 3.73. The van der Waals surface area contributed by atoms with Crippen LogP contribution in [0.3, 0.4) is 0 Å². The van der Waals surface area contributed by atoms with Crippen molar-refractivity contribution < 1.29 is 14.6 Å². The number of nitrogens with zero attached hydrogens (tertiary/aromatic N) is 1. The zero-order chi connectivity index (χ0) is 14.0. The van der Waals surface area contributed by atoms with E-state index in [0.29, 0.717) is 24.1 Å². The number of carbonyl (C=O) groups is 1. The van der Waals surface area contributed by atoms with Gasteiger partial charge in [0, 0.05) is 30.3 Å². The number of hydrazine groups is 1. The van der Waals surface area contributed by atoms with Gasteiger partial charge in [-0.1, -0.05) is 0 Å². The molecule has 0 aliphatic heterocycles. The molecule has 6 heteroatoms. The zero-order valence-electron chi connectivity index (χ0n) is 10.9. The van der Waals surface area contributed by atoms with Crippen LogP contribution in [0, 0.1) is 6.92 Å². The number of hydrogen-bond acceptors (Lipinski definition) is 4. The second kappa shape index (κ2) is 5.29. The molecule has 0 aliphatic rings. The Labute approximate surface area is 110 Å². The SMILES string of the molecule is COCCn1c(C)c(C(=O)NN)c2cc(O)ccc21. The smallest absolute Gasteiger partial charge is 0.267 e. The first-order valence-electron chi connectivity index (χ1n) is 5.91. The minimum absolute atomic E-state index is 0.113. The maximum absolute atomic E-state index is 11.9. The van der Waals surface area contributed by atoms with Gasteiger partial charge in [-0.25, -0.2) is 5.84 Å². The van der Waals surface area contributed by atoms with Gasteiger partial charge in [0.2, 0.25) is 0 Å². The predicted octanol–water partition coefficient (Wildman–Crippen LogP) is 0.905. The van der Waals surface area contributed by atoms with Crippen LogP contribution < -0.4 is 11.3 Å². The lowest BCUT2D eigenvalue weighted by atomic mass is 10.1. The van der Waals surface area contributed by atoms with Gasteiger partial charge in [0.25, 0.3) is 5.91 Å². The summed E-state index contributed by atoms with van der Waals surface area (Å²) in [5.74, 6) is 4.96. The summed E-state index contributed by atoms with van der Waals surface area (Å²) in [5, 5.41) is 10.3. The lowest BCUT2D eigenvalue weighted by Crippen LogP contribution is -2.30. The number of aromatic hydroxyl groups is 1. The molecule has 0 atom stereocenters. The highest BCUT2D eigenvalue weighted by Gasteiger charge is 2.19. The van der Waals surface area contributed by atoms with Crippen molar-refractivity contribution in [2.75, 3.05) is 13.7 Å². The number of carbonyl (C=O) groups excluding carboxylic acids is 1. The first-order valence-corrected chi connectivity index (χ1v) is 5.91. The molecule has 1 amide bonds. The number of hydrogen-bond donors (Lipinski definition) is 3. The molecule has 0 spiro atoms. The molecule has 0 bridgehead atoms. The quantitative estimate of drug-likeness (QED) is 0.434. The average Bonchev–Trinajstić information content (AvgIpc) is 2.67. The Morgan fingerprint density at radius 2 is 2.26 bits per heavy atom. The Hall–Kier alpha value is -2.05. The zero-order valence-corrected chi connectivity index (χ0v) is 10.9. The van der Waals surface area contributed by atoms with Gasteiger partial charge in [-0.3, -0.25) is 10.2 Å². The van der Waals surface area contributed by atoms with Crippen LogP contribution in [0.2, 0.25) is 0 Å². The van der Waals surface area contributed by atoms with Crippen molar-refractivity contribution in [1.29, 1.82) is 0 Å².